The Balaban J connectivity index is 2.49. The van der Waals surface area contributed by atoms with Gasteiger partial charge in [0.25, 0.3) is 0 Å². The van der Waals surface area contributed by atoms with Crippen molar-refractivity contribution in [1.29, 1.82) is 0 Å². The van der Waals surface area contributed by atoms with Gasteiger partial charge in [-0.1, -0.05) is 42.3 Å². The molecule has 0 saturated heterocycles. The minimum Gasteiger partial charge on any atom is -0.373 e. The maximum absolute atomic E-state index is 11.6. The first-order valence-corrected chi connectivity index (χ1v) is 9.18. The Morgan fingerprint density at radius 3 is 2.35 bits per heavy atom. The van der Waals surface area contributed by atoms with Crippen LogP contribution in [0.25, 0.3) is 0 Å². The van der Waals surface area contributed by atoms with Gasteiger partial charge < -0.3 is 14.6 Å². The van der Waals surface area contributed by atoms with Crippen molar-refractivity contribution in [2.45, 2.75) is 31.7 Å². The zero-order chi connectivity index (χ0) is 18.8. The van der Waals surface area contributed by atoms with Gasteiger partial charge in [0.1, 0.15) is 0 Å². The molecule has 0 spiro atoms. The van der Waals surface area contributed by atoms with Crippen molar-refractivity contribution in [2.75, 3.05) is 19.1 Å². The Morgan fingerprint density at radius 2 is 1.81 bits per heavy atom. The summed E-state index contributed by atoms with van der Waals surface area (Å²) >= 11 is 6.26. The van der Waals surface area contributed by atoms with Gasteiger partial charge in [0.2, 0.25) is 6.29 Å². The number of ether oxygens (including phenoxy) is 2. The predicted octanol–water partition coefficient (Wildman–Crippen LogP) is 3.69. The van der Waals surface area contributed by atoms with E-state index in [-0.39, 0.29) is 5.88 Å². The van der Waals surface area contributed by atoms with E-state index in [0.717, 1.165) is 5.56 Å². The van der Waals surface area contributed by atoms with Gasteiger partial charge in [0, 0.05) is 43.0 Å². The van der Waals surface area contributed by atoms with Crippen LogP contribution in [0.2, 0.25) is 0 Å². The van der Waals surface area contributed by atoms with E-state index in [1.165, 1.54) is 0 Å². The lowest BCUT2D eigenvalue weighted by Gasteiger charge is -2.31. The molecule has 2 atom stereocenters. The Morgan fingerprint density at radius 1 is 1.12 bits per heavy atom. The van der Waals surface area contributed by atoms with Crippen LogP contribution in [-0.2, 0) is 15.1 Å². The molecule has 0 aliphatic carbocycles. The average Bonchev–Trinajstić information content (AvgIpc) is 2.68. The van der Waals surface area contributed by atoms with Crippen molar-refractivity contribution in [3.63, 3.8) is 0 Å². The van der Waals surface area contributed by atoms with Crippen LogP contribution in [0.1, 0.15) is 30.9 Å². The van der Waals surface area contributed by atoms with E-state index in [9.17, 15) is 5.11 Å². The van der Waals surface area contributed by atoms with E-state index in [1.54, 1.807) is 24.5 Å². The molecule has 4 nitrogen and oxygen atoms in total. The summed E-state index contributed by atoms with van der Waals surface area (Å²) in [7, 11) is 0. The fourth-order valence-corrected chi connectivity index (χ4v) is 3.08. The highest BCUT2D eigenvalue weighted by molar-refractivity contribution is 6.18. The third kappa shape index (κ3) is 5.06. The lowest BCUT2D eigenvalue weighted by molar-refractivity contribution is -0.0974. The summed E-state index contributed by atoms with van der Waals surface area (Å²) in [6.45, 7) is 4.66. The van der Waals surface area contributed by atoms with E-state index in [4.69, 9.17) is 21.1 Å². The number of pyridine rings is 1. The van der Waals surface area contributed by atoms with Crippen molar-refractivity contribution in [3.8, 4) is 11.8 Å². The van der Waals surface area contributed by atoms with Crippen LogP contribution in [0.5, 0.6) is 0 Å². The van der Waals surface area contributed by atoms with Crippen LogP contribution in [0.4, 0.5) is 0 Å². The molecule has 0 fully saturated rings. The van der Waals surface area contributed by atoms with Crippen molar-refractivity contribution >= 4 is 11.6 Å². The van der Waals surface area contributed by atoms with Crippen LogP contribution >= 0.6 is 11.6 Å². The monoisotopic (exact) mass is 373 g/mol. The molecule has 138 valence electrons. The molecule has 2 aromatic rings. The number of hydrogen-bond acceptors (Lipinski definition) is 4. The first-order chi connectivity index (χ1) is 12.7. The number of aromatic nitrogens is 1. The van der Waals surface area contributed by atoms with Gasteiger partial charge in [0.05, 0.1) is 0 Å². The Kier molecular flexibility index (Phi) is 8.08. The molecule has 0 amide bonds. The van der Waals surface area contributed by atoms with Gasteiger partial charge in [-0.05, 0) is 31.4 Å². The normalized spacial score (nSPS) is 14.3. The molecule has 0 radical (unpaired) electrons. The lowest BCUT2D eigenvalue weighted by Crippen LogP contribution is -2.34. The molecule has 2 rings (SSSR count). The zero-order valence-electron chi connectivity index (χ0n) is 15.1. The average molecular weight is 374 g/mol. The lowest BCUT2D eigenvalue weighted by atomic mass is 9.79. The van der Waals surface area contributed by atoms with Crippen molar-refractivity contribution in [1.82, 2.24) is 4.98 Å². The number of rotatable bonds is 8. The fraction of sp³-hybridized carbons (Fsp3) is 0.381. The summed E-state index contributed by atoms with van der Waals surface area (Å²) < 4.78 is 11.0. The molecule has 1 aromatic carbocycles. The topological polar surface area (TPSA) is 51.6 Å². The van der Waals surface area contributed by atoms with E-state index in [1.807, 2.05) is 44.2 Å². The molecule has 0 saturated carbocycles. The summed E-state index contributed by atoms with van der Waals surface area (Å²) in [6.07, 6.45) is 2.55. The van der Waals surface area contributed by atoms with Gasteiger partial charge in [-0.25, -0.2) is 0 Å². The largest absolute Gasteiger partial charge is 0.373 e. The van der Waals surface area contributed by atoms with Crippen molar-refractivity contribution < 1.29 is 14.6 Å². The first kappa shape index (κ1) is 20.4. The number of hydrogen-bond donors (Lipinski definition) is 1. The van der Waals surface area contributed by atoms with Crippen LogP contribution in [-0.4, -0.2) is 35.5 Å². The summed E-state index contributed by atoms with van der Waals surface area (Å²) in [5, 5.41) is 11.6. The summed E-state index contributed by atoms with van der Waals surface area (Å²) in [4.78, 5) is 4.13. The number of nitrogens with zero attached hydrogens (tertiary/aromatic N) is 1. The second kappa shape index (κ2) is 10.3. The van der Waals surface area contributed by atoms with Crippen LogP contribution in [0.15, 0.2) is 54.9 Å². The Hall–Kier alpha value is -1.90. The summed E-state index contributed by atoms with van der Waals surface area (Å²) in [5.74, 6) is 5.63. The Bertz CT molecular complexity index is 708. The molecular formula is C21H24ClNO3. The minimum atomic E-state index is -1.52. The van der Waals surface area contributed by atoms with Gasteiger partial charge in [-0.2, -0.15) is 0 Å². The van der Waals surface area contributed by atoms with E-state index < -0.39 is 17.8 Å². The molecular weight excluding hydrogens is 350 g/mol. The van der Waals surface area contributed by atoms with Crippen LogP contribution < -0.4 is 0 Å². The third-order valence-corrected chi connectivity index (χ3v) is 4.29. The molecule has 1 aromatic heterocycles. The second-order valence-corrected chi connectivity index (χ2v) is 5.95. The molecule has 5 heteroatoms. The Labute approximate surface area is 160 Å². The molecule has 2 unspecified atom stereocenters. The van der Waals surface area contributed by atoms with Gasteiger partial charge in [-0.15, -0.1) is 11.6 Å². The van der Waals surface area contributed by atoms with Gasteiger partial charge in [-0.3, -0.25) is 4.98 Å². The molecule has 1 heterocycles. The molecule has 0 bridgehead atoms. The number of aliphatic hydroxyl groups is 1. The van der Waals surface area contributed by atoms with Crippen LogP contribution in [0, 0.1) is 11.8 Å². The maximum atomic E-state index is 11.6. The number of halogens is 1. The SMILES string of the molecule is CCOC(C#CC(O)(c1cccnc1)C(CCl)c1ccccc1)OCC. The highest BCUT2D eigenvalue weighted by Gasteiger charge is 2.38. The maximum Gasteiger partial charge on any atom is 0.222 e. The summed E-state index contributed by atoms with van der Waals surface area (Å²) in [6, 6.07) is 13.2. The highest BCUT2D eigenvalue weighted by atomic mass is 35.5. The minimum absolute atomic E-state index is 0.192. The standard InChI is InChI=1S/C21H24ClNO3/c1-3-25-20(26-4-2)12-13-21(24,18-11-8-14-23-16-18)19(15-22)17-9-6-5-7-10-17/h5-11,14,16,19-20,24H,3-4,15H2,1-2H3. The molecule has 0 aliphatic heterocycles. The fourth-order valence-electron chi connectivity index (χ4n) is 2.68. The quantitative estimate of drug-likeness (QED) is 0.435. The predicted molar refractivity (Wildman–Crippen MR) is 103 cm³/mol. The van der Waals surface area contributed by atoms with Gasteiger partial charge >= 0.3 is 0 Å². The van der Waals surface area contributed by atoms with Crippen molar-refractivity contribution in [2.24, 2.45) is 0 Å². The van der Waals surface area contributed by atoms with Crippen LogP contribution in [0.3, 0.4) is 0 Å². The number of alkyl halides is 1. The molecule has 26 heavy (non-hydrogen) atoms. The highest BCUT2D eigenvalue weighted by Crippen LogP contribution is 2.37. The first-order valence-electron chi connectivity index (χ1n) is 8.65. The molecule has 0 aliphatic rings. The zero-order valence-corrected chi connectivity index (χ0v) is 15.8. The number of benzene rings is 1. The smallest absolute Gasteiger partial charge is 0.222 e. The third-order valence-electron chi connectivity index (χ3n) is 3.98. The molecule has 1 N–H and O–H groups in total. The van der Waals surface area contributed by atoms with E-state index in [0.29, 0.717) is 18.8 Å². The van der Waals surface area contributed by atoms with E-state index >= 15 is 0 Å². The van der Waals surface area contributed by atoms with Gasteiger partial charge in [0.15, 0.2) is 5.60 Å². The van der Waals surface area contributed by atoms with Crippen molar-refractivity contribution in [3.05, 3.63) is 66.0 Å². The second-order valence-electron chi connectivity index (χ2n) is 5.64. The van der Waals surface area contributed by atoms with E-state index in [2.05, 4.69) is 16.8 Å². The summed E-state index contributed by atoms with van der Waals surface area (Å²) in [5.41, 5.74) is -0.0506.